The molecule has 3 rings (SSSR count). The first kappa shape index (κ1) is 9.85. The monoisotopic (exact) mass is 215 g/mol. The summed E-state index contributed by atoms with van der Waals surface area (Å²) in [5.41, 5.74) is 9.80. The maximum Gasteiger partial charge on any atom is 0.0923 e. The summed E-state index contributed by atoms with van der Waals surface area (Å²) >= 11 is 0. The maximum atomic E-state index is 6.10. The molecule has 0 atom stereocenters. The first-order chi connectivity index (χ1) is 7.66. The predicted molar refractivity (Wildman–Crippen MR) is 65.3 cm³/mol. The topological polar surface area (TPSA) is 54.7 Å². The largest absolute Gasteiger partial charge is 0.325 e. The summed E-state index contributed by atoms with van der Waals surface area (Å²) in [5, 5.41) is 8.70. The SMILES string of the molecule is Cc1ccc2n[nH]c(CCC3(N)CC3)c2c1. The minimum atomic E-state index is 0.126. The Balaban J connectivity index is 1.88. The summed E-state index contributed by atoms with van der Waals surface area (Å²) in [5.74, 6) is 0. The molecule has 0 bridgehead atoms. The molecule has 0 unspecified atom stereocenters. The normalized spacial score (nSPS) is 17.9. The second kappa shape index (κ2) is 3.32. The Morgan fingerprint density at radius 1 is 1.44 bits per heavy atom. The van der Waals surface area contributed by atoms with Crippen LogP contribution in [0.4, 0.5) is 0 Å². The van der Waals surface area contributed by atoms with Gasteiger partial charge in [-0.1, -0.05) is 11.6 Å². The van der Waals surface area contributed by atoms with E-state index in [1.54, 1.807) is 0 Å². The van der Waals surface area contributed by atoms with Crippen LogP contribution in [-0.4, -0.2) is 15.7 Å². The molecule has 16 heavy (non-hydrogen) atoms. The Morgan fingerprint density at radius 3 is 3.00 bits per heavy atom. The van der Waals surface area contributed by atoms with E-state index in [0.717, 1.165) is 18.4 Å². The summed E-state index contributed by atoms with van der Waals surface area (Å²) in [4.78, 5) is 0. The van der Waals surface area contributed by atoms with Crippen LogP contribution in [0.25, 0.3) is 10.9 Å². The third-order valence-corrected chi connectivity index (χ3v) is 3.55. The molecule has 1 aromatic heterocycles. The van der Waals surface area contributed by atoms with E-state index in [0.29, 0.717) is 0 Å². The van der Waals surface area contributed by atoms with Crippen LogP contribution in [0.15, 0.2) is 18.2 Å². The zero-order valence-corrected chi connectivity index (χ0v) is 9.59. The zero-order valence-electron chi connectivity index (χ0n) is 9.59. The lowest BCUT2D eigenvalue weighted by atomic mass is 10.1. The van der Waals surface area contributed by atoms with Crippen molar-refractivity contribution in [3.63, 3.8) is 0 Å². The van der Waals surface area contributed by atoms with Gasteiger partial charge in [0, 0.05) is 16.6 Å². The Bertz CT molecular complexity index is 523. The third kappa shape index (κ3) is 1.71. The van der Waals surface area contributed by atoms with Gasteiger partial charge in [0.05, 0.1) is 5.52 Å². The highest BCUT2D eigenvalue weighted by atomic mass is 15.1. The van der Waals surface area contributed by atoms with E-state index in [2.05, 4.69) is 35.3 Å². The van der Waals surface area contributed by atoms with E-state index in [9.17, 15) is 0 Å². The molecule has 0 amide bonds. The average Bonchev–Trinajstić information content (AvgIpc) is 2.87. The van der Waals surface area contributed by atoms with E-state index >= 15 is 0 Å². The maximum absolute atomic E-state index is 6.10. The number of fused-ring (bicyclic) bond motifs is 1. The van der Waals surface area contributed by atoms with Crippen LogP contribution in [0.1, 0.15) is 30.5 Å². The fraction of sp³-hybridized carbons (Fsp3) is 0.462. The fourth-order valence-corrected chi connectivity index (χ4v) is 2.15. The Labute approximate surface area is 95.0 Å². The highest BCUT2D eigenvalue weighted by molar-refractivity contribution is 5.81. The van der Waals surface area contributed by atoms with Gasteiger partial charge in [0.25, 0.3) is 0 Å². The standard InChI is InChI=1S/C13H17N3/c1-9-2-3-11-10(8-9)12(16-15-11)4-5-13(14)6-7-13/h2-3,8H,4-7,14H2,1H3,(H,15,16). The number of rotatable bonds is 3. The van der Waals surface area contributed by atoms with Crippen molar-refractivity contribution in [3.05, 3.63) is 29.5 Å². The zero-order chi connectivity index (χ0) is 11.2. The van der Waals surface area contributed by atoms with Gasteiger partial charge in [-0.15, -0.1) is 0 Å². The smallest absolute Gasteiger partial charge is 0.0923 e. The molecule has 0 spiro atoms. The molecule has 0 aliphatic heterocycles. The Kier molecular flexibility index (Phi) is 2.04. The van der Waals surface area contributed by atoms with Crippen LogP contribution in [-0.2, 0) is 6.42 Å². The van der Waals surface area contributed by atoms with Crippen LogP contribution >= 0.6 is 0 Å². The first-order valence-electron chi connectivity index (χ1n) is 5.89. The molecular weight excluding hydrogens is 198 g/mol. The highest BCUT2D eigenvalue weighted by Gasteiger charge is 2.37. The number of H-pyrrole nitrogens is 1. The van der Waals surface area contributed by atoms with Crippen molar-refractivity contribution in [2.75, 3.05) is 0 Å². The van der Waals surface area contributed by atoms with Gasteiger partial charge in [-0.05, 0) is 44.7 Å². The average molecular weight is 215 g/mol. The lowest BCUT2D eigenvalue weighted by Gasteiger charge is -2.06. The van der Waals surface area contributed by atoms with E-state index in [1.807, 2.05) is 0 Å². The van der Waals surface area contributed by atoms with Crippen molar-refractivity contribution < 1.29 is 0 Å². The minimum Gasteiger partial charge on any atom is -0.325 e. The number of nitrogens with two attached hydrogens (primary N) is 1. The molecule has 1 aliphatic carbocycles. The summed E-state index contributed by atoms with van der Waals surface area (Å²) in [6, 6.07) is 6.36. The van der Waals surface area contributed by atoms with Crippen LogP contribution in [0.5, 0.6) is 0 Å². The van der Waals surface area contributed by atoms with Gasteiger partial charge in [-0.3, -0.25) is 5.10 Å². The molecule has 84 valence electrons. The third-order valence-electron chi connectivity index (χ3n) is 3.55. The van der Waals surface area contributed by atoms with E-state index in [1.165, 1.54) is 29.5 Å². The van der Waals surface area contributed by atoms with E-state index in [4.69, 9.17) is 5.73 Å². The van der Waals surface area contributed by atoms with Crippen molar-refractivity contribution in [1.29, 1.82) is 0 Å². The number of benzene rings is 1. The molecule has 0 saturated heterocycles. The Morgan fingerprint density at radius 2 is 2.25 bits per heavy atom. The number of aryl methyl sites for hydroxylation is 2. The van der Waals surface area contributed by atoms with Crippen molar-refractivity contribution in [1.82, 2.24) is 10.2 Å². The molecule has 3 nitrogen and oxygen atoms in total. The van der Waals surface area contributed by atoms with Gasteiger partial charge in [0.1, 0.15) is 0 Å². The van der Waals surface area contributed by atoms with Gasteiger partial charge in [-0.2, -0.15) is 5.10 Å². The van der Waals surface area contributed by atoms with Gasteiger partial charge in [0.15, 0.2) is 0 Å². The minimum absolute atomic E-state index is 0.126. The van der Waals surface area contributed by atoms with Crippen molar-refractivity contribution >= 4 is 10.9 Å². The van der Waals surface area contributed by atoms with Crippen LogP contribution < -0.4 is 5.73 Å². The molecule has 2 aromatic rings. The molecule has 1 aromatic carbocycles. The summed E-state index contributed by atoms with van der Waals surface area (Å²) < 4.78 is 0. The summed E-state index contributed by atoms with van der Waals surface area (Å²) in [7, 11) is 0. The van der Waals surface area contributed by atoms with Crippen LogP contribution in [0.3, 0.4) is 0 Å². The number of aromatic amines is 1. The quantitative estimate of drug-likeness (QED) is 0.825. The van der Waals surface area contributed by atoms with Crippen molar-refractivity contribution in [2.24, 2.45) is 5.73 Å². The molecule has 1 fully saturated rings. The molecule has 1 heterocycles. The van der Waals surface area contributed by atoms with Crippen LogP contribution in [0.2, 0.25) is 0 Å². The molecule has 1 aliphatic rings. The van der Waals surface area contributed by atoms with Crippen molar-refractivity contribution in [3.8, 4) is 0 Å². The summed E-state index contributed by atoms with van der Waals surface area (Å²) in [6.45, 7) is 2.11. The number of nitrogens with one attached hydrogen (secondary N) is 1. The van der Waals surface area contributed by atoms with E-state index in [-0.39, 0.29) is 5.54 Å². The van der Waals surface area contributed by atoms with E-state index < -0.39 is 0 Å². The second-order valence-corrected chi connectivity index (χ2v) is 5.09. The van der Waals surface area contributed by atoms with Gasteiger partial charge >= 0.3 is 0 Å². The van der Waals surface area contributed by atoms with Gasteiger partial charge < -0.3 is 5.73 Å². The number of hydrogen-bond acceptors (Lipinski definition) is 2. The molecule has 0 radical (unpaired) electrons. The molecular formula is C13H17N3. The number of aromatic nitrogens is 2. The molecule has 3 N–H and O–H groups in total. The highest BCUT2D eigenvalue weighted by Crippen LogP contribution is 2.36. The number of hydrogen-bond donors (Lipinski definition) is 2. The molecule has 3 heteroatoms. The van der Waals surface area contributed by atoms with Gasteiger partial charge in [0.2, 0.25) is 0 Å². The summed E-state index contributed by atoms with van der Waals surface area (Å²) in [6.07, 6.45) is 4.44. The van der Waals surface area contributed by atoms with Gasteiger partial charge in [-0.25, -0.2) is 0 Å². The predicted octanol–water partition coefficient (Wildman–Crippen LogP) is 2.30. The first-order valence-corrected chi connectivity index (χ1v) is 5.89. The lowest BCUT2D eigenvalue weighted by Crippen LogP contribution is -2.22. The lowest BCUT2D eigenvalue weighted by molar-refractivity contribution is 0.604. The number of nitrogens with zero attached hydrogens (tertiary/aromatic N) is 1. The van der Waals surface area contributed by atoms with Crippen molar-refractivity contribution in [2.45, 2.75) is 38.1 Å². The van der Waals surface area contributed by atoms with Crippen LogP contribution in [0, 0.1) is 6.92 Å². The Hall–Kier alpha value is -1.35. The second-order valence-electron chi connectivity index (χ2n) is 5.09. The fourth-order valence-electron chi connectivity index (χ4n) is 2.15. The molecule has 1 saturated carbocycles.